The first kappa shape index (κ1) is 12.7. The highest BCUT2D eigenvalue weighted by Gasteiger charge is 2.34. The molecule has 0 atom stereocenters. The van der Waals surface area contributed by atoms with Gasteiger partial charge in [0, 0.05) is 0 Å². The molecule has 2 heteroatoms. The molecule has 0 aliphatic rings. The van der Waals surface area contributed by atoms with Crippen LogP contribution in [0.4, 0.5) is 0 Å². The summed E-state index contributed by atoms with van der Waals surface area (Å²) in [7, 11) is -1.56. The first-order chi connectivity index (χ1) is 5.95. The lowest BCUT2D eigenvalue weighted by atomic mass is 10.2. The summed E-state index contributed by atoms with van der Waals surface area (Å²) < 4.78 is 6.06. The highest BCUT2D eigenvalue weighted by atomic mass is 28.4. The van der Waals surface area contributed by atoms with Crippen molar-refractivity contribution in [2.45, 2.75) is 58.4 Å². The Bertz CT molecular complexity index is 178. The maximum absolute atomic E-state index is 7.16. The van der Waals surface area contributed by atoms with Crippen LogP contribution in [0.5, 0.6) is 0 Å². The second-order valence-electron chi connectivity index (χ2n) is 3.98. The van der Waals surface area contributed by atoms with Crippen molar-refractivity contribution in [3.63, 3.8) is 0 Å². The van der Waals surface area contributed by atoms with Crippen LogP contribution < -0.4 is 0 Å². The number of hydrogen-bond donors (Lipinski definition) is 0. The number of hydrogen-bond acceptors (Lipinski definition) is 1. The Morgan fingerprint density at radius 3 is 1.77 bits per heavy atom. The van der Waals surface area contributed by atoms with Gasteiger partial charge >= 0.3 is 0 Å². The summed E-state index contributed by atoms with van der Waals surface area (Å²) in [5, 5.41) is 0. The molecule has 1 nitrogen and oxygen atoms in total. The van der Waals surface area contributed by atoms with Crippen molar-refractivity contribution in [2.75, 3.05) is 0 Å². The van der Waals surface area contributed by atoms with Crippen LogP contribution in [0.1, 0.15) is 34.6 Å². The summed E-state index contributed by atoms with van der Waals surface area (Å²) in [5.74, 6) is 2.46. The van der Waals surface area contributed by atoms with Gasteiger partial charge in [-0.2, -0.15) is 0 Å². The lowest BCUT2D eigenvalue weighted by molar-refractivity contribution is 0.156. The SMILES string of the molecule is [C]#CC(C)(C)O[Si](CC)(CC)CC. The van der Waals surface area contributed by atoms with Crippen molar-refractivity contribution in [3.05, 3.63) is 6.42 Å². The van der Waals surface area contributed by atoms with E-state index in [2.05, 4.69) is 26.7 Å². The first-order valence-corrected chi connectivity index (χ1v) is 7.62. The third-order valence-corrected chi connectivity index (χ3v) is 7.52. The molecule has 0 amide bonds. The molecule has 0 unspecified atom stereocenters. The van der Waals surface area contributed by atoms with E-state index in [-0.39, 0.29) is 0 Å². The van der Waals surface area contributed by atoms with E-state index in [1.807, 2.05) is 13.8 Å². The Balaban J connectivity index is 4.53. The highest BCUT2D eigenvalue weighted by molar-refractivity contribution is 6.73. The fourth-order valence-electron chi connectivity index (χ4n) is 1.53. The molecule has 0 aliphatic carbocycles. The van der Waals surface area contributed by atoms with Gasteiger partial charge in [0.05, 0.1) is 0 Å². The summed E-state index contributed by atoms with van der Waals surface area (Å²) in [5.41, 5.74) is -0.492. The van der Waals surface area contributed by atoms with Crippen molar-refractivity contribution < 1.29 is 4.43 Å². The zero-order chi connectivity index (χ0) is 10.5. The minimum atomic E-state index is -1.56. The Labute approximate surface area is 84.0 Å². The molecule has 0 rings (SSSR count). The fraction of sp³-hybridized carbons (Fsp3) is 0.818. The van der Waals surface area contributed by atoms with Gasteiger partial charge in [0.1, 0.15) is 5.60 Å². The fourth-order valence-corrected chi connectivity index (χ4v) is 4.60. The maximum atomic E-state index is 7.16. The van der Waals surface area contributed by atoms with Crippen molar-refractivity contribution in [2.24, 2.45) is 0 Å². The van der Waals surface area contributed by atoms with Crippen LogP contribution in [0.25, 0.3) is 0 Å². The van der Waals surface area contributed by atoms with Crippen LogP contribution >= 0.6 is 0 Å². The second-order valence-corrected chi connectivity index (χ2v) is 8.67. The third kappa shape index (κ3) is 3.54. The zero-order valence-corrected chi connectivity index (χ0v) is 10.5. The Hall–Kier alpha value is -0.263. The maximum Gasteiger partial charge on any atom is 0.194 e. The Morgan fingerprint density at radius 1 is 1.15 bits per heavy atom. The second kappa shape index (κ2) is 4.83. The standard InChI is InChI=1S/C11H21OSi/c1-7-11(5,6)12-13(8-2,9-3)10-4/h8-10H2,2-6H3. The first-order valence-electron chi connectivity index (χ1n) is 5.09. The topological polar surface area (TPSA) is 9.23 Å². The van der Waals surface area contributed by atoms with E-state index in [1.54, 1.807) is 0 Å². The average Bonchev–Trinajstić information content (AvgIpc) is 2.14. The van der Waals surface area contributed by atoms with E-state index in [0.717, 1.165) is 18.1 Å². The van der Waals surface area contributed by atoms with Crippen LogP contribution in [-0.4, -0.2) is 13.9 Å². The lowest BCUT2D eigenvalue weighted by Crippen LogP contribution is -2.43. The number of rotatable bonds is 5. The van der Waals surface area contributed by atoms with Gasteiger partial charge in [-0.15, -0.1) is 0 Å². The lowest BCUT2D eigenvalue weighted by Gasteiger charge is -2.35. The van der Waals surface area contributed by atoms with Gasteiger partial charge in [-0.25, -0.2) is 0 Å². The van der Waals surface area contributed by atoms with Crippen LogP contribution in [0.15, 0.2) is 0 Å². The minimum absolute atomic E-state index is 0.492. The van der Waals surface area contributed by atoms with Crippen LogP contribution in [-0.2, 0) is 4.43 Å². The van der Waals surface area contributed by atoms with E-state index in [0.29, 0.717) is 0 Å². The van der Waals surface area contributed by atoms with Gasteiger partial charge in [0.15, 0.2) is 8.32 Å². The van der Waals surface area contributed by atoms with Crippen molar-refractivity contribution in [1.29, 1.82) is 0 Å². The van der Waals surface area contributed by atoms with Crippen LogP contribution in [0.2, 0.25) is 18.1 Å². The third-order valence-electron chi connectivity index (χ3n) is 2.71. The summed E-state index contributed by atoms with van der Waals surface area (Å²) in [4.78, 5) is 0. The summed E-state index contributed by atoms with van der Waals surface area (Å²) in [6, 6.07) is 3.39. The van der Waals surface area contributed by atoms with Gasteiger partial charge in [-0.1, -0.05) is 26.7 Å². The molecule has 75 valence electrons. The monoisotopic (exact) mass is 197 g/mol. The molecule has 0 heterocycles. The van der Waals surface area contributed by atoms with Crippen LogP contribution in [0, 0.1) is 12.3 Å². The van der Waals surface area contributed by atoms with E-state index in [4.69, 9.17) is 10.8 Å². The van der Waals surface area contributed by atoms with E-state index in [9.17, 15) is 0 Å². The predicted molar refractivity (Wildman–Crippen MR) is 59.5 cm³/mol. The van der Waals surface area contributed by atoms with Gasteiger partial charge in [0.2, 0.25) is 0 Å². The molecular weight excluding hydrogens is 176 g/mol. The molecule has 13 heavy (non-hydrogen) atoms. The molecule has 1 radical (unpaired) electrons. The molecule has 0 fully saturated rings. The Kier molecular flexibility index (Phi) is 4.73. The quantitative estimate of drug-likeness (QED) is 0.485. The van der Waals surface area contributed by atoms with Gasteiger partial charge < -0.3 is 4.43 Å². The smallest absolute Gasteiger partial charge is 0.194 e. The molecule has 0 aromatic rings. The van der Waals surface area contributed by atoms with E-state index in [1.165, 1.54) is 0 Å². The molecule has 0 aromatic heterocycles. The van der Waals surface area contributed by atoms with Crippen molar-refractivity contribution >= 4 is 8.32 Å². The molecule has 0 aromatic carbocycles. The van der Waals surface area contributed by atoms with Gasteiger partial charge in [0.25, 0.3) is 0 Å². The van der Waals surface area contributed by atoms with Crippen molar-refractivity contribution in [3.8, 4) is 5.92 Å². The van der Waals surface area contributed by atoms with Crippen molar-refractivity contribution in [1.82, 2.24) is 0 Å². The van der Waals surface area contributed by atoms with Gasteiger partial charge in [-0.05, 0) is 38.4 Å². The average molecular weight is 197 g/mol. The largest absolute Gasteiger partial charge is 0.401 e. The normalized spacial score (nSPS) is 12.6. The summed E-state index contributed by atoms with van der Waals surface area (Å²) in [6.07, 6.45) is 7.16. The molecule has 0 spiro atoms. The molecule has 0 saturated carbocycles. The highest BCUT2D eigenvalue weighted by Crippen LogP contribution is 2.27. The van der Waals surface area contributed by atoms with Gasteiger partial charge in [-0.3, -0.25) is 0 Å². The Morgan fingerprint density at radius 2 is 1.54 bits per heavy atom. The minimum Gasteiger partial charge on any atom is -0.401 e. The van der Waals surface area contributed by atoms with E-state index >= 15 is 0 Å². The summed E-state index contributed by atoms with van der Waals surface area (Å²) >= 11 is 0. The molecule has 0 bridgehead atoms. The summed E-state index contributed by atoms with van der Waals surface area (Å²) in [6.45, 7) is 10.4. The molecule has 0 saturated heterocycles. The van der Waals surface area contributed by atoms with Crippen LogP contribution in [0.3, 0.4) is 0 Å². The molecule has 0 N–H and O–H groups in total. The molecule has 0 aliphatic heterocycles. The van der Waals surface area contributed by atoms with E-state index < -0.39 is 13.9 Å². The predicted octanol–water partition coefficient (Wildman–Crippen LogP) is 3.38. The zero-order valence-electron chi connectivity index (χ0n) is 9.53. The molecular formula is C11H21OSi.